The Hall–Kier alpha value is -0.540. The lowest BCUT2D eigenvalue weighted by atomic mass is 10.0. The van der Waals surface area contributed by atoms with Gasteiger partial charge in [-0.1, -0.05) is 27.5 Å². The minimum absolute atomic E-state index is 0.270. The van der Waals surface area contributed by atoms with E-state index in [2.05, 4.69) is 20.7 Å². The van der Waals surface area contributed by atoms with Crippen LogP contribution in [0.5, 0.6) is 0 Å². The molecule has 76 valence electrons. The second-order valence-electron chi connectivity index (χ2n) is 2.91. The summed E-state index contributed by atoms with van der Waals surface area (Å²) in [5.74, 6) is -0.582. The monoisotopic (exact) mass is 276 g/mol. The molecule has 0 saturated heterocycles. The van der Waals surface area contributed by atoms with Gasteiger partial charge in [-0.2, -0.15) is 0 Å². The number of rotatable bonds is 2. The van der Waals surface area contributed by atoms with Gasteiger partial charge in [0.15, 0.2) is 0 Å². The number of ether oxygens (including phenoxy) is 1. The van der Waals surface area contributed by atoms with Crippen LogP contribution >= 0.6 is 27.5 Å². The van der Waals surface area contributed by atoms with Crippen molar-refractivity contribution in [1.82, 2.24) is 0 Å². The smallest absolute Gasteiger partial charge is 0.312 e. The average Bonchev–Trinajstić information content (AvgIpc) is 2.19. The lowest BCUT2D eigenvalue weighted by Crippen LogP contribution is -2.11. The largest absolute Gasteiger partial charge is 0.469 e. The van der Waals surface area contributed by atoms with Crippen LogP contribution in [-0.4, -0.2) is 13.1 Å². The molecule has 0 aliphatic carbocycles. The Morgan fingerprint density at radius 3 is 2.79 bits per heavy atom. The quantitative estimate of drug-likeness (QED) is 0.775. The molecule has 0 bridgehead atoms. The Morgan fingerprint density at radius 2 is 2.21 bits per heavy atom. The van der Waals surface area contributed by atoms with Crippen LogP contribution in [0.3, 0.4) is 0 Å². The van der Waals surface area contributed by atoms with Crippen LogP contribution in [0.4, 0.5) is 0 Å². The third kappa shape index (κ3) is 2.49. The molecule has 0 spiro atoms. The summed E-state index contributed by atoms with van der Waals surface area (Å²) in [6.45, 7) is 1.78. The van der Waals surface area contributed by atoms with Crippen molar-refractivity contribution in [3.05, 3.63) is 33.3 Å². The molecular weight excluding hydrogens is 267 g/mol. The summed E-state index contributed by atoms with van der Waals surface area (Å²) in [6, 6.07) is 5.34. The van der Waals surface area contributed by atoms with Gasteiger partial charge in [-0.05, 0) is 30.7 Å². The van der Waals surface area contributed by atoms with Crippen molar-refractivity contribution in [2.75, 3.05) is 7.11 Å². The number of hydrogen-bond donors (Lipinski definition) is 0. The number of esters is 1. The number of carbonyl (C=O) groups excluding carboxylic acids is 1. The SMILES string of the molecule is COC(=O)C(C)c1cc(Cl)ccc1Br. The van der Waals surface area contributed by atoms with Gasteiger partial charge in [0.05, 0.1) is 13.0 Å². The van der Waals surface area contributed by atoms with E-state index in [1.165, 1.54) is 7.11 Å². The Morgan fingerprint density at radius 1 is 1.57 bits per heavy atom. The van der Waals surface area contributed by atoms with E-state index in [0.717, 1.165) is 10.0 Å². The van der Waals surface area contributed by atoms with Crippen LogP contribution in [-0.2, 0) is 9.53 Å². The minimum Gasteiger partial charge on any atom is -0.469 e. The van der Waals surface area contributed by atoms with Crippen molar-refractivity contribution >= 4 is 33.5 Å². The molecule has 1 aromatic carbocycles. The predicted octanol–water partition coefficient (Wildman–Crippen LogP) is 3.38. The van der Waals surface area contributed by atoms with Gasteiger partial charge in [0, 0.05) is 9.50 Å². The standard InChI is InChI=1S/C10H10BrClO2/c1-6(10(13)14-2)8-5-7(12)3-4-9(8)11/h3-6H,1-2H3. The Kier molecular flexibility index (Phi) is 3.96. The summed E-state index contributed by atoms with van der Waals surface area (Å²) in [5.41, 5.74) is 0.837. The Bertz CT molecular complexity index is 352. The minimum atomic E-state index is -0.312. The number of halogens is 2. The maximum atomic E-state index is 11.3. The van der Waals surface area contributed by atoms with Crippen LogP contribution in [0.2, 0.25) is 5.02 Å². The van der Waals surface area contributed by atoms with Crippen LogP contribution in [0.1, 0.15) is 18.4 Å². The molecule has 1 rings (SSSR count). The third-order valence-electron chi connectivity index (χ3n) is 1.98. The van der Waals surface area contributed by atoms with Gasteiger partial charge >= 0.3 is 5.97 Å². The second kappa shape index (κ2) is 4.80. The molecule has 2 nitrogen and oxygen atoms in total. The number of hydrogen-bond acceptors (Lipinski definition) is 2. The molecule has 0 heterocycles. The molecule has 0 aliphatic rings. The normalized spacial score (nSPS) is 12.3. The molecule has 0 fully saturated rings. The molecule has 0 amide bonds. The summed E-state index contributed by atoms with van der Waals surface area (Å²) in [7, 11) is 1.37. The number of carbonyl (C=O) groups is 1. The van der Waals surface area contributed by atoms with E-state index in [1.54, 1.807) is 19.1 Å². The zero-order valence-electron chi connectivity index (χ0n) is 7.88. The lowest BCUT2D eigenvalue weighted by molar-refractivity contribution is -0.142. The summed E-state index contributed by atoms with van der Waals surface area (Å²) >= 11 is 9.20. The molecule has 14 heavy (non-hydrogen) atoms. The highest BCUT2D eigenvalue weighted by molar-refractivity contribution is 9.10. The maximum absolute atomic E-state index is 11.3. The fourth-order valence-corrected chi connectivity index (χ4v) is 1.92. The summed E-state index contributed by atoms with van der Waals surface area (Å²) in [5, 5.41) is 0.610. The number of methoxy groups -OCH3 is 1. The molecular formula is C10H10BrClO2. The third-order valence-corrected chi connectivity index (χ3v) is 2.94. The van der Waals surface area contributed by atoms with Crippen LogP contribution in [0, 0.1) is 0 Å². The van der Waals surface area contributed by atoms with Crippen molar-refractivity contribution < 1.29 is 9.53 Å². The molecule has 0 aliphatic heterocycles. The summed E-state index contributed by atoms with van der Waals surface area (Å²) in [6.07, 6.45) is 0. The van der Waals surface area contributed by atoms with Gasteiger partial charge in [0.1, 0.15) is 0 Å². The highest BCUT2D eigenvalue weighted by Gasteiger charge is 2.18. The van der Waals surface area contributed by atoms with Crippen molar-refractivity contribution in [2.45, 2.75) is 12.8 Å². The van der Waals surface area contributed by atoms with Gasteiger partial charge in [-0.3, -0.25) is 4.79 Å². The van der Waals surface area contributed by atoms with Crippen LogP contribution in [0.15, 0.2) is 22.7 Å². The summed E-state index contributed by atoms with van der Waals surface area (Å²) in [4.78, 5) is 11.3. The zero-order chi connectivity index (χ0) is 10.7. The number of benzene rings is 1. The predicted molar refractivity (Wildman–Crippen MR) is 59.6 cm³/mol. The highest BCUT2D eigenvalue weighted by Crippen LogP contribution is 2.28. The highest BCUT2D eigenvalue weighted by atomic mass is 79.9. The van der Waals surface area contributed by atoms with E-state index in [-0.39, 0.29) is 11.9 Å². The second-order valence-corrected chi connectivity index (χ2v) is 4.20. The van der Waals surface area contributed by atoms with Crippen molar-refractivity contribution in [3.8, 4) is 0 Å². The van der Waals surface area contributed by atoms with Gasteiger partial charge in [0.2, 0.25) is 0 Å². The van der Waals surface area contributed by atoms with Crippen molar-refractivity contribution in [3.63, 3.8) is 0 Å². The van der Waals surface area contributed by atoms with Crippen molar-refractivity contribution in [2.24, 2.45) is 0 Å². The zero-order valence-corrected chi connectivity index (χ0v) is 10.2. The van der Waals surface area contributed by atoms with Crippen LogP contribution < -0.4 is 0 Å². The van der Waals surface area contributed by atoms with Gasteiger partial charge in [-0.25, -0.2) is 0 Å². The van der Waals surface area contributed by atoms with E-state index < -0.39 is 0 Å². The molecule has 1 atom stereocenters. The molecule has 4 heteroatoms. The molecule has 1 unspecified atom stereocenters. The fourth-order valence-electron chi connectivity index (χ4n) is 1.15. The molecule has 1 aromatic rings. The molecule has 0 N–H and O–H groups in total. The van der Waals surface area contributed by atoms with E-state index in [1.807, 2.05) is 6.07 Å². The van der Waals surface area contributed by atoms with E-state index in [9.17, 15) is 4.79 Å². The van der Waals surface area contributed by atoms with Gasteiger partial charge < -0.3 is 4.74 Å². The molecule has 0 radical (unpaired) electrons. The maximum Gasteiger partial charge on any atom is 0.312 e. The van der Waals surface area contributed by atoms with Crippen molar-refractivity contribution in [1.29, 1.82) is 0 Å². The first-order valence-electron chi connectivity index (χ1n) is 4.09. The first-order valence-corrected chi connectivity index (χ1v) is 5.26. The summed E-state index contributed by atoms with van der Waals surface area (Å²) < 4.78 is 5.52. The first kappa shape index (κ1) is 11.5. The van der Waals surface area contributed by atoms with E-state index >= 15 is 0 Å². The van der Waals surface area contributed by atoms with Gasteiger partial charge in [-0.15, -0.1) is 0 Å². The van der Waals surface area contributed by atoms with Gasteiger partial charge in [0.25, 0.3) is 0 Å². The Balaban J connectivity index is 3.05. The topological polar surface area (TPSA) is 26.3 Å². The molecule has 0 saturated carbocycles. The fraction of sp³-hybridized carbons (Fsp3) is 0.300. The Labute approximate surface area is 96.3 Å². The lowest BCUT2D eigenvalue weighted by Gasteiger charge is -2.11. The van der Waals surface area contributed by atoms with E-state index in [0.29, 0.717) is 5.02 Å². The first-order chi connectivity index (χ1) is 6.56. The van der Waals surface area contributed by atoms with E-state index in [4.69, 9.17) is 11.6 Å². The molecule has 0 aromatic heterocycles. The average molecular weight is 278 g/mol. The van der Waals surface area contributed by atoms with Crippen LogP contribution in [0.25, 0.3) is 0 Å².